The number of fused-ring (bicyclic) bond motifs is 6. The lowest BCUT2D eigenvalue weighted by Crippen LogP contribution is -1.97. The van der Waals surface area contributed by atoms with Gasteiger partial charge in [-0.15, -0.1) is 0 Å². The molecule has 0 radical (unpaired) electrons. The molecule has 8 rings (SSSR count). The molecule has 202 valence electrons. The van der Waals surface area contributed by atoms with Crippen molar-refractivity contribution >= 4 is 49.3 Å². The molecule has 0 bridgehead atoms. The van der Waals surface area contributed by atoms with Gasteiger partial charge in [0, 0.05) is 21.5 Å². The highest BCUT2D eigenvalue weighted by Gasteiger charge is 2.18. The lowest BCUT2D eigenvalue weighted by molar-refractivity contribution is 1.17. The number of nitriles is 2. The Bertz CT molecular complexity index is 2600. The minimum Gasteiger partial charge on any atom is -0.319 e. The average Bonchev–Trinajstić information content (AvgIpc) is 3.60. The van der Waals surface area contributed by atoms with E-state index >= 15 is 0 Å². The number of rotatable bonds is 3. The third-order valence-corrected chi connectivity index (χ3v) is 8.41. The summed E-state index contributed by atoms with van der Waals surface area (Å²) < 4.78 is 4.27. The minimum absolute atomic E-state index is 0.492. The summed E-state index contributed by atoms with van der Waals surface area (Å²) in [6.07, 6.45) is 0. The van der Waals surface area contributed by atoms with Gasteiger partial charge < -0.3 is 9.13 Å². The van der Waals surface area contributed by atoms with Gasteiger partial charge in [0.25, 0.3) is 0 Å². The average molecular weight is 560 g/mol. The van der Waals surface area contributed by atoms with Gasteiger partial charge in [-0.2, -0.15) is 10.5 Å². The van der Waals surface area contributed by atoms with E-state index in [-0.39, 0.29) is 0 Å². The molecule has 0 spiro atoms. The highest BCUT2D eigenvalue weighted by Crippen LogP contribution is 2.39. The first-order chi connectivity index (χ1) is 21.7. The number of aromatic nitrogens is 2. The lowest BCUT2D eigenvalue weighted by atomic mass is 10.0. The van der Waals surface area contributed by atoms with Crippen molar-refractivity contribution in [1.82, 2.24) is 9.13 Å². The van der Waals surface area contributed by atoms with Crippen molar-refractivity contribution in [3.05, 3.63) is 150 Å². The number of hydrogen-bond acceptors (Lipinski definition) is 2. The van der Waals surface area contributed by atoms with E-state index in [4.69, 9.17) is 6.57 Å². The quantitative estimate of drug-likeness (QED) is 0.202. The molecule has 0 amide bonds. The number of benzene rings is 6. The Morgan fingerprint density at radius 1 is 0.500 bits per heavy atom. The second-order valence-corrected chi connectivity index (χ2v) is 10.7. The molecule has 2 aromatic heterocycles. The van der Waals surface area contributed by atoms with E-state index in [0.717, 1.165) is 60.4 Å². The molecule has 0 fully saturated rings. The molecular formula is C39H21N5. The predicted molar refractivity (Wildman–Crippen MR) is 176 cm³/mol. The lowest BCUT2D eigenvalue weighted by Gasteiger charge is -2.12. The van der Waals surface area contributed by atoms with Crippen LogP contribution in [0.1, 0.15) is 11.1 Å². The molecule has 0 aliphatic rings. The van der Waals surface area contributed by atoms with Crippen LogP contribution in [0.2, 0.25) is 0 Å². The molecule has 2 heterocycles. The first kappa shape index (κ1) is 25.1. The van der Waals surface area contributed by atoms with Crippen LogP contribution in [0.25, 0.3) is 71.0 Å². The Kier molecular flexibility index (Phi) is 5.56. The minimum atomic E-state index is 0.492. The maximum atomic E-state index is 9.93. The van der Waals surface area contributed by atoms with Gasteiger partial charge in [-0.1, -0.05) is 78.9 Å². The molecule has 6 aromatic carbocycles. The van der Waals surface area contributed by atoms with Crippen molar-refractivity contribution in [3.63, 3.8) is 0 Å². The normalized spacial score (nSPS) is 11.1. The predicted octanol–water partition coefficient (Wildman–Crippen LogP) is 9.84. The topological polar surface area (TPSA) is 61.8 Å². The Hall–Kier alpha value is -6.61. The molecule has 0 N–H and O–H groups in total. The monoisotopic (exact) mass is 559 g/mol. The van der Waals surface area contributed by atoms with Gasteiger partial charge in [-0.3, -0.25) is 0 Å². The fraction of sp³-hybridized carbons (Fsp3) is 0. The summed E-state index contributed by atoms with van der Waals surface area (Å²) in [5.41, 5.74) is 9.31. The molecule has 0 aliphatic carbocycles. The summed E-state index contributed by atoms with van der Waals surface area (Å²) >= 11 is 0. The van der Waals surface area contributed by atoms with Crippen molar-refractivity contribution < 1.29 is 0 Å². The van der Waals surface area contributed by atoms with Crippen LogP contribution in [0, 0.1) is 29.2 Å². The Morgan fingerprint density at radius 3 is 1.86 bits per heavy atom. The molecule has 0 aliphatic heterocycles. The Morgan fingerprint density at radius 2 is 1.11 bits per heavy atom. The van der Waals surface area contributed by atoms with Crippen molar-refractivity contribution in [2.75, 3.05) is 0 Å². The summed E-state index contributed by atoms with van der Waals surface area (Å²) in [5, 5.41) is 23.9. The van der Waals surface area contributed by atoms with Gasteiger partial charge in [-0.05, 0) is 59.7 Å². The summed E-state index contributed by atoms with van der Waals surface area (Å²) in [6.45, 7) is 7.80. The SMILES string of the molecule is [C-]#[N+]c1ccc(C#N)cc1-n1c2ccccc2c2cc(-c3ccc4c5ccccc5n(-c5ccccc5C#N)c4c3)ccc21. The summed E-state index contributed by atoms with van der Waals surface area (Å²) in [7, 11) is 0. The standard InChI is InChI=1S/C39H21N5/c1-42-33-18-14-25(23-40)20-39(33)44-36-13-7-4-10-30(36)32-21-26(16-19-37(32)44)27-15-17-31-29-9-3-6-12-35(29)43(38(31)22-27)34-11-5-2-8-28(34)24-41/h2-22H. The summed E-state index contributed by atoms with van der Waals surface area (Å²) in [6, 6.07) is 46.9. The third-order valence-electron chi connectivity index (χ3n) is 8.41. The first-order valence-electron chi connectivity index (χ1n) is 14.2. The van der Waals surface area contributed by atoms with E-state index in [0.29, 0.717) is 22.5 Å². The molecule has 5 heteroatoms. The van der Waals surface area contributed by atoms with Gasteiger partial charge in [0.05, 0.1) is 57.2 Å². The molecule has 0 atom stereocenters. The molecule has 0 saturated carbocycles. The fourth-order valence-electron chi connectivity index (χ4n) is 6.45. The second kappa shape index (κ2) is 9.74. The van der Waals surface area contributed by atoms with Crippen LogP contribution in [0.5, 0.6) is 0 Å². The van der Waals surface area contributed by atoms with Crippen molar-refractivity contribution in [1.29, 1.82) is 10.5 Å². The van der Waals surface area contributed by atoms with Crippen LogP contribution in [0.3, 0.4) is 0 Å². The summed E-state index contributed by atoms with van der Waals surface area (Å²) in [4.78, 5) is 3.77. The van der Waals surface area contributed by atoms with Gasteiger partial charge in [0.15, 0.2) is 0 Å². The van der Waals surface area contributed by atoms with Gasteiger partial charge in [0.1, 0.15) is 6.07 Å². The van der Waals surface area contributed by atoms with Crippen molar-refractivity contribution in [2.24, 2.45) is 0 Å². The molecule has 0 unspecified atom stereocenters. The summed E-state index contributed by atoms with van der Waals surface area (Å²) in [5.74, 6) is 0. The van der Waals surface area contributed by atoms with Crippen LogP contribution in [-0.4, -0.2) is 9.13 Å². The smallest absolute Gasteiger partial charge is 0.210 e. The highest BCUT2D eigenvalue weighted by atomic mass is 15.0. The van der Waals surface area contributed by atoms with E-state index in [9.17, 15) is 10.5 Å². The van der Waals surface area contributed by atoms with Crippen LogP contribution >= 0.6 is 0 Å². The molecule has 5 nitrogen and oxygen atoms in total. The molecule has 0 saturated heterocycles. The number of para-hydroxylation sites is 3. The van der Waals surface area contributed by atoms with E-state index in [1.54, 1.807) is 18.2 Å². The maximum Gasteiger partial charge on any atom is 0.210 e. The van der Waals surface area contributed by atoms with E-state index in [1.807, 2.05) is 48.5 Å². The Balaban J connectivity index is 1.39. The van der Waals surface area contributed by atoms with Crippen molar-refractivity contribution in [3.8, 4) is 34.6 Å². The second-order valence-electron chi connectivity index (χ2n) is 10.7. The number of nitrogens with zero attached hydrogens (tertiary/aromatic N) is 5. The molecular weight excluding hydrogens is 538 g/mol. The maximum absolute atomic E-state index is 9.93. The van der Waals surface area contributed by atoms with Crippen LogP contribution in [0.15, 0.2) is 127 Å². The largest absolute Gasteiger partial charge is 0.319 e. The van der Waals surface area contributed by atoms with Crippen molar-refractivity contribution in [2.45, 2.75) is 0 Å². The van der Waals surface area contributed by atoms with E-state index in [2.05, 4.69) is 86.8 Å². The van der Waals surface area contributed by atoms with Gasteiger partial charge in [0.2, 0.25) is 5.69 Å². The van der Waals surface area contributed by atoms with Crippen LogP contribution in [-0.2, 0) is 0 Å². The third kappa shape index (κ3) is 3.63. The first-order valence-corrected chi connectivity index (χ1v) is 14.2. The van der Waals surface area contributed by atoms with Crippen LogP contribution < -0.4 is 0 Å². The van der Waals surface area contributed by atoms with Crippen LogP contribution in [0.4, 0.5) is 5.69 Å². The van der Waals surface area contributed by atoms with Gasteiger partial charge in [-0.25, -0.2) is 4.85 Å². The zero-order valence-corrected chi connectivity index (χ0v) is 23.4. The van der Waals surface area contributed by atoms with Gasteiger partial charge >= 0.3 is 0 Å². The molecule has 8 aromatic rings. The van der Waals surface area contributed by atoms with E-state index < -0.39 is 0 Å². The zero-order valence-electron chi connectivity index (χ0n) is 23.4. The number of hydrogen-bond donors (Lipinski definition) is 0. The van der Waals surface area contributed by atoms with E-state index in [1.165, 1.54) is 0 Å². The Labute approximate surface area is 253 Å². The molecule has 44 heavy (non-hydrogen) atoms. The highest BCUT2D eigenvalue weighted by molar-refractivity contribution is 6.12. The zero-order chi connectivity index (χ0) is 29.8. The fourth-order valence-corrected chi connectivity index (χ4v) is 6.45.